The molecule has 14 heavy (non-hydrogen) atoms. The monoisotopic (exact) mass is 192 g/mol. The molecule has 0 aromatic heterocycles. The van der Waals surface area contributed by atoms with Gasteiger partial charge >= 0.3 is 0 Å². The third-order valence-electron chi connectivity index (χ3n) is 4.38. The van der Waals surface area contributed by atoms with E-state index in [0.29, 0.717) is 5.41 Å². The van der Waals surface area contributed by atoms with E-state index in [9.17, 15) is 0 Å². The quantitative estimate of drug-likeness (QED) is 0.579. The third-order valence-corrected chi connectivity index (χ3v) is 4.38. The van der Waals surface area contributed by atoms with Crippen LogP contribution in [0.4, 0.5) is 0 Å². The molecule has 3 saturated heterocycles. The normalized spacial score (nSPS) is 39.6. The maximum absolute atomic E-state index is 2.78. The first kappa shape index (κ1) is 9.23. The van der Waals surface area contributed by atoms with Gasteiger partial charge in [-0.2, -0.15) is 0 Å². The molecule has 3 aliphatic heterocycles. The summed E-state index contributed by atoms with van der Waals surface area (Å²) in [5, 5.41) is 0. The number of hydrogen-bond donors (Lipinski definition) is 0. The molecule has 3 rings (SSSR count). The van der Waals surface area contributed by atoms with Gasteiger partial charge in [-0.25, -0.2) is 0 Å². The molecule has 0 bridgehead atoms. The van der Waals surface area contributed by atoms with Crippen LogP contribution >= 0.6 is 0 Å². The summed E-state index contributed by atoms with van der Waals surface area (Å²) in [4.78, 5) is 5.30. The zero-order valence-electron chi connectivity index (χ0n) is 9.34. The minimum Gasteiger partial charge on any atom is -0.341 e. The first-order valence-electron chi connectivity index (χ1n) is 6.20. The molecule has 0 aromatic carbocycles. The van der Waals surface area contributed by atoms with E-state index in [1.165, 1.54) is 58.1 Å². The van der Waals surface area contributed by atoms with Crippen LogP contribution in [0.25, 0.3) is 0 Å². The van der Waals surface area contributed by atoms with Crippen LogP contribution in [-0.4, -0.2) is 49.8 Å². The van der Waals surface area contributed by atoms with Gasteiger partial charge in [-0.15, -0.1) is 0 Å². The Morgan fingerprint density at radius 3 is 2.57 bits per heavy atom. The number of hydrogen-bond acceptors (Lipinski definition) is 2. The van der Waals surface area contributed by atoms with Crippen LogP contribution in [0.1, 0.15) is 19.3 Å². The molecule has 1 unspecified atom stereocenters. The maximum Gasteiger partial charge on any atom is 0.221 e. The van der Waals surface area contributed by atoms with Crippen LogP contribution in [0.2, 0.25) is 12.6 Å². The predicted octanol–water partition coefficient (Wildman–Crippen LogP) is 1.41. The highest BCUT2D eigenvalue weighted by molar-refractivity contribution is 6.66. The molecule has 0 aliphatic carbocycles. The molecule has 78 valence electrons. The summed E-state index contributed by atoms with van der Waals surface area (Å²) in [6.07, 6.45) is 7.34. The number of piperidine rings is 1. The van der Waals surface area contributed by atoms with Crippen molar-refractivity contribution in [2.75, 3.05) is 33.2 Å². The molecule has 0 saturated carbocycles. The lowest BCUT2D eigenvalue weighted by atomic mass is 9.73. The highest BCUT2D eigenvalue weighted by Gasteiger charge is 2.44. The number of rotatable bonds is 1. The predicted molar refractivity (Wildman–Crippen MR) is 60.7 cm³/mol. The van der Waals surface area contributed by atoms with Gasteiger partial charge in [-0.3, -0.25) is 0 Å². The lowest BCUT2D eigenvalue weighted by Crippen LogP contribution is -2.46. The standard InChI is InChI=1S/C11H21BN2/c1-13-8-4-11(9-13)3-2-7-14(10-11)12-5-6-12/h2-10H2,1H3. The SMILES string of the molecule is CN1CCC2(CCCN(B3CC3)C2)C1. The summed E-state index contributed by atoms with van der Waals surface area (Å²) in [5.74, 6) is 0. The van der Waals surface area contributed by atoms with Crippen LogP contribution in [0.3, 0.4) is 0 Å². The number of nitrogens with zero attached hydrogens (tertiary/aromatic N) is 2. The molecule has 3 aliphatic rings. The molecule has 0 radical (unpaired) electrons. The van der Waals surface area contributed by atoms with Gasteiger partial charge in [-0.1, -0.05) is 12.6 Å². The van der Waals surface area contributed by atoms with Gasteiger partial charge in [0.05, 0.1) is 0 Å². The minimum absolute atomic E-state index is 0.690. The van der Waals surface area contributed by atoms with Crippen molar-refractivity contribution >= 4 is 6.85 Å². The van der Waals surface area contributed by atoms with Crippen molar-refractivity contribution in [2.45, 2.75) is 31.9 Å². The molecule has 3 heterocycles. The van der Waals surface area contributed by atoms with Gasteiger partial charge in [0.25, 0.3) is 0 Å². The van der Waals surface area contributed by atoms with Gasteiger partial charge < -0.3 is 9.71 Å². The molecule has 0 N–H and O–H groups in total. The van der Waals surface area contributed by atoms with Crippen LogP contribution in [0, 0.1) is 5.41 Å². The lowest BCUT2D eigenvalue weighted by Gasteiger charge is -2.40. The first-order valence-corrected chi connectivity index (χ1v) is 6.20. The second-order valence-electron chi connectivity index (χ2n) is 5.79. The van der Waals surface area contributed by atoms with Crippen molar-refractivity contribution in [2.24, 2.45) is 5.41 Å². The van der Waals surface area contributed by atoms with Crippen molar-refractivity contribution in [3.05, 3.63) is 0 Å². The first-order chi connectivity index (χ1) is 6.77. The molecular weight excluding hydrogens is 171 g/mol. The lowest BCUT2D eigenvalue weighted by molar-refractivity contribution is 0.152. The summed E-state index contributed by atoms with van der Waals surface area (Å²) in [6.45, 7) is 6.46. The number of likely N-dealkylation sites (tertiary alicyclic amines) is 1. The molecular formula is C11H21BN2. The van der Waals surface area contributed by atoms with E-state index < -0.39 is 0 Å². The fourth-order valence-electron chi connectivity index (χ4n) is 3.49. The Bertz CT molecular complexity index is 225. The average Bonchev–Trinajstić information content (AvgIpc) is 2.95. The van der Waals surface area contributed by atoms with Crippen LogP contribution in [-0.2, 0) is 0 Å². The van der Waals surface area contributed by atoms with E-state index in [0.717, 1.165) is 6.85 Å². The minimum atomic E-state index is 0.690. The van der Waals surface area contributed by atoms with Crippen LogP contribution in [0.5, 0.6) is 0 Å². The Kier molecular flexibility index (Phi) is 2.14. The van der Waals surface area contributed by atoms with Crippen LogP contribution < -0.4 is 0 Å². The van der Waals surface area contributed by atoms with E-state index in [4.69, 9.17) is 0 Å². The molecule has 0 aromatic rings. The Balaban J connectivity index is 1.67. The topological polar surface area (TPSA) is 6.48 Å². The van der Waals surface area contributed by atoms with Gasteiger partial charge in [0, 0.05) is 6.54 Å². The summed E-state index contributed by atoms with van der Waals surface area (Å²) in [7, 11) is 2.28. The Morgan fingerprint density at radius 1 is 1.07 bits per heavy atom. The highest BCUT2D eigenvalue weighted by Crippen LogP contribution is 2.41. The fraction of sp³-hybridized carbons (Fsp3) is 1.00. The van der Waals surface area contributed by atoms with Gasteiger partial charge in [0.2, 0.25) is 6.85 Å². The summed E-state index contributed by atoms with van der Waals surface area (Å²) in [6, 6.07) is 0. The van der Waals surface area contributed by atoms with Crippen molar-refractivity contribution in [3.8, 4) is 0 Å². The van der Waals surface area contributed by atoms with E-state index in [-0.39, 0.29) is 0 Å². The Hall–Kier alpha value is -0.0151. The average molecular weight is 192 g/mol. The molecule has 3 heteroatoms. The zero-order valence-corrected chi connectivity index (χ0v) is 9.34. The summed E-state index contributed by atoms with van der Waals surface area (Å²) < 4.78 is 0. The molecule has 1 atom stereocenters. The van der Waals surface area contributed by atoms with Gasteiger partial charge in [0.1, 0.15) is 0 Å². The highest BCUT2D eigenvalue weighted by atomic mass is 15.2. The van der Waals surface area contributed by atoms with Crippen molar-refractivity contribution in [1.82, 2.24) is 9.71 Å². The van der Waals surface area contributed by atoms with E-state index in [2.05, 4.69) is 16.8 Å². The molecule has 1 spiro atoms. The smallest absolute Gasteiger partial charge is 0.221 e. The van der Waals surface area contributed by atoms with Crippen molar-refractivity contribution in [1.29, 1.82) is 0 Å². The van der Waals surface area contributed by atoms with Gasteiger partial charge in [-0.05, 0) is 51.4 Å². The Labute approximate surface area is 87.7 Å². The zero-order chi connectivity index (χ0) is 9.60. The second kappa shape index (κ2) is 3.24. The van der Waals surface area contributed by atoms with E-state index >= 15 is 0 Å². The largest absolute Gasteiger partial charge is 0.341 e. The second-order valence-corrected chi connectivity index (χ2v) is 5.79. The fourth-order valence-corrected chi connectivity index (χ4v) is 3.49. The molecule has 2 nitrogen and oxygen atoms in total. The van der Waals surface area contributed by atoms with Crippen molar-refractivity contribution < 1.29 is 0 Å². The summed E-state index contributed by atoms with van der Waals surface area (Å²) >= 11 is 0. The van der Waals surface area contributed by atoms with E-state index in [1.807, 2.05) is 0 Å². The van der Waals surface area contributed by atoms with Crippen LogP contribution in [0.15, 0.2) is 0 Å². The third kappa shape index (κ3) is 1.61. The molecule has 3 fully saturated rings. The Morgan fingerprint density at radius 2 is 1.93 bits per heavy atom. The summed E-state index contributed by atoms with van der Waals surface area (Å²) in [5.41, 5.74) is 0.690. The van der Waals surface area contributed by atoms with Crippen molar-refractivity contribution in [3.63, 3.8) is 0 Å². The molecule has 0 amide bonds. The maximum atomic E-state index is 2.78. The van der Waals surface area contributed by atoms with Gasteiger partial charge in [0.15, 0.2) is 0 Å². The van der Waals surface area contributed by atoms with E-state index in [1.54, 1.807) is 0 Å².